The van der Waals surface area contributed by atoms with Crippen molar-refractivity contribution < 1.29 is 17.9 Å². The molecule has 0 saturated heterocycles. The monoisotopic (exact) mass is 523 g/mol. The Balaban J connectivity index is 1.48. The number of rotatable bonds is 2. The second kappa shape index (κ2) is 8.04. The van der Waals surface area contributed by atoms with Crippen molar-refractivity contribution in [3.8, 4) is 11.4 Å². The molecule has 11 heteroatoms. The summed E-state index contributed by atoms with van der Waals surface area (Å²) in [5.74, 6) is 0.574. The number of nitrogens with zero attached hydrogens (tertiary/aromatic N) is 5. The normalized spacial score (nSPS) is 19.4. The molecule has 1 aromatic heterocycles. The van der Waals surface area contributed by atoms with Crippen LogP contribution in [0.2, 0.25) is 0 Å². The fourth-order valence-electron chi connectivity index (χ4n) is 5.19. The minimum absolute atomic E-state index is 0.0690. The molecule has 1 unspecified atom stereocenters. The Hall–Kier alpha value is -4.41. The Morgan fingerprint density at radius 3 is 2.24 bits per heavy atom. The molecule has 0 aliphatic carbocycles. The van der Waals surface area contributed by atoms with Crippen molar-refractivity contribution in [1.82, 2.24) is 18.8 Å². The first-order valence-electron chi connectivity index (χ1n) is 12.0. The molecule has 3 aromatic rings. The third kappa shape index (κ3) is 3.60. The zero-order chi connectivity index (χ0) is 27.0. The van der Waals surface area contributed by atoms with Crippen LogP contribution in [0, 0.1) is 0 Å². The van der Waals surface area contributed by atoms with E-state index in [0.717, 1.165) is 40.1 Å². The molecule has 196 valence electrons. The zero-order valence-corrected chi connectivity index (χ0v) is 20.8. The van der Waals surface area contributed by atoms with Crippen molar-refractivity contribution in [1.29, 1.82) is 0 Å². The van der Waals surface area contributed by atoms with Gasteiger partial charge in [0.1, 0.15) is 17.4 Å². The smallest absolute Gasteiger partial charge is 0.416 e. The Kier molecular flexibility index (Phi) is 5.07. The number of hydrogen-bond donors (Lipinski definition) is 0. The Bertz CT molecular complexity index is 1640. The molecule has 8 nitrogen and oxygen atoms in total. The van der Waals surface area contributed by atoms with Gasteiger partial charge in [0.2, 0.25) is 0 Å². The van der Waals surface area contributed by atoms with E-state index >= 15 is 0 Å². The summed E-state index contributed by atoms with van der Waals surface area (Å²) in [6, 6.07) is 9.06. The SMILES string of the molecule is CN1C=CN(c2ccc3c(c2)OC(C)(C)C2=CCn4c(=O)n(-c5ccc(C(F)(F)F)cc5)c(=O)n4C23)C=C1. The van der Waals surface area contributed by atoms with Crippen molar-refractivity contribution in [2.75, 3.05) is 11.9 Å². The van der Waals surface area contributed by atoms with E-state index in [9.17, 15) is 22.8 Å². The maximum absolute atomic E-state index is 13.7. The third-order valence-corrected chi connectivity index (χ3v) is 7.11. The molecule has 0 bridgehead atoms. The summed E-state index contributed by atoms with van der Waals surface area (Å²) in [4.78, 5) is 30.9. The highest BCUT2D eigenvalue weighted by Crippen LogP contribution is 2.47. The van der Waals surface area contributed by atoms with Gasteiger partial charge in [-0.2, -0.15) is 13.2 Å². The van der Waals surface area contributed by atoms with Crippen molar-refractivity contribution >= 4 is 5.69 Å². The van der Waals surface area contributed by atoms with Crippen LogP contribution in [0.25, 0.3) is 5.69 Å². The predicted molar refractivity (Wildman–Crippen MR) is 135 cm³/mol. The van der Waals surface area contributed by atoms with E-state index in [-0.39, 0.29) is 12.2 Å². The van der Waals surface area contributed by atoms with Crippen LogP contribution in [0.15, 0.2) is 88.5 Å². The summed E-state index contributed by atoms with van der Waals surface area (Å²) >= 11 is 0. The average molecular weight is 524 g/mol. The molecular weight excluding hydrogens is 499 g/mol. The summed E-state index contributed by atoms with van der Waals surface area (Å²) in [6.07, 6.45) is 5.00. The lowest BCUT2D eigenvalue weighted by atomic mass is 9.83. The van der Waals surface area contributed by atoms with Gasteiger partial charge in [0.15, 0.2) is 0 Å². The van der Waals surface area contributed by atoms with Gasteiger partial charge < -0.3 is 14.5 Å². The fraction of sp³-hybridized carbons (Fsp3) is 0.259. The minimum Gasteiger partial charge on any atom is -0.483 e. The van der Waals surface area contributed by atoms with Gasteiger partial charge in [0, 0.05) is 49.2 Å². The summed E-state index contributed by atoms with van der Waals surface area (Å²) in [7, 11) is 1.92. The van der Waals surface area contributed by atoms with Crippen molar-refractivity contribution in [2.45, 2.75) is 38.2 Å². The number of allylic oxidation sites excluding steroid dienone is 1. The topological polar surface area (TPSA) is 64.6 Å². The maximum atomic E-state index is 13.7. The number of hydrogen-bond acceptors (Lipinski definition) is 5. The summed E-state index contributed by atoms with van der Waals surface area (Å²) in [6.45, 7) is 3.94. The van der Waals surface area contributed by atoms with Crippen molar-refractivity contribution in [3.05, 3.63) is 111 Å². The zero-order valence-electron chi connectivity index (χ0n) is 20.8. The number of halogens is 3. The van der Waals surface area contributed by atoms with Crippen LogP contribution >= 0.6 is 0 Å². The summed E-state index contributed by atoms with van der Waals surface area (Å²) in [5.41, 5.74) is -0.437. The molecule has 3 aliphatic rings. The first-order chi connectivity index (χ1) is 18.0. The highest BCUT2D eigenvalue weighted by Gasteiger charge is 2.44. The van der Waals surface area contributed by atoms with Gasteiger partial charge in [-0.1, -0.05) is 12.1 Å². The third-order valence-electron chi connectivity index (χ3n) is 7.11. The van der Waals surface area contributed by atoms with Crippen LogP contribution < -0.4 is 21.0 Å². The second-order valence-electron chi connectivity index (χ2n) is 9.94. The molecule has 2 aromatic carbocycles. The van der Waals surface area contributed by atoms with Gasteiger partial charge in [-0.15, -0.1) is 0 Å². The molecule has 3 aliphatic heterocycles. The molecular formula is C27H24F3N5O3. The molecule has 0 spiro atoms. The average Bonchev–Trinajstić information content (AvgIpc) is 3.13. The first kappa shape index (κ1) is 24.0. The van der Waals surface area contributed by atoms with Crippen LogP contribution in [-0.2, 0) is 12.7 Å². The van der Waals surface area contributed by atoms with E-state index in [1.807, 2.05) is 79.8 Å². The van der Waals surface area contributed by atoms with E-state index in [4.69, 9.17) is 4.74 Å². The molecule has 0 saturated carbocycles. The lowest BCUT2D eigenvalue weighted by Gasteiger charge is -2.42. The molecule has 0 N–H and O–H groups in total. The number of anilines is 1. The van der Waals surface area contributed by atoms with Gasteiger partial charge >= 0.3 is 17.6 Å². The van der Waals surface area contributed by atoms with E-state index in [2.05, 4.69) is 0 Å². The fourth-order valence-corrected chi connectivity index (χ4v) is 5.19. The lowest BCUT2D eigenvalue weighted by molar-refractivity contribution is -0.137. The largest absolute Gasteiger partial charge is 0.483 e. The van der Waals surface area contributed by atoms with Crippen LogP contribution in [0.3, 0.4) is 0 Å². The molecule has 0 amide bonds. The molecule has 1 atom stereocenters. The molecule has 0 fully saturated rings. The van der Waals surface area contributed by atoms with Crippen molar-refractivity contribution in [3.63, 3.8) is 0 Å². The summed E-state index contributed by atoms with van der Waals surface area (Å²) < 4.78 is 49.2. The highest BCUT2D eigenvalue weighted by molar-refractivity contribution is 5.61. The highest BCUT2D eigenvalue weighted by atomic mass is 19.4. The van der Waals surface area contributed by atoms with Gasteiger partial charge in [-0.25, -0.2) is 23.5 Å². The standard InChI is InChI=1S/C27H24F3N5O3/c1-26(2)21-10-11-33-24(36)34(18-6-4-17(5-7-18)27(28,29)30)25(37)35(33)23(21)20-9-8-19(16-22(20)38-26)32-14-12-31(3)13-15-32/h4-10,12-16,23H,11H2,1-3H3. The summed E-state index contributed by atoms with van der Waals surface area (Å²) in [5, 5.41) is 0. The number of alkyl halides is 3. The van der Waals surface area contributed by atoms with Crippen LogP contribution in [0.5, 0.6) is 5.75 Å². The van der Waals surface area contributed by atoms with Gasteiger partial charge in [-0.05, 0) is 49.8 Å². The second-order valence-corrected chi connectivity index (χ2v) is 9.94. The Morgan fingerprint density at radius 2 is 1.58 bits per heavy atom. The number of benzene rings is 2. The van der Waals surface area contributed by atoms with E-state index in [1.54, 1.807) is 0 Å². The van der Waals surface area contributed by atoms with Crippen LogP contribution in [0.4, 0.5) is 18.9 Å². The van der Waals surface area contributed by atoms with Gasteiger partial charge in [0.05, 0.1) is 17.8 Å². The van der Waals surface area contributed by atoms with Crippen molar-refractivity contribution in [2.24, 2.45) is 0 Å². The van der Waals surface area contributed by atoms with E-state index in [0.29, 0.717) is 11.3 Å². The van der Waals surface area contributed by atoms with Gasteiger partial charge in [-0.3, -0.25) is 0 Å². The Labute approximate surface area is 215 Å². The number of aromatic nitrogens is 3. The predicted octanol–water partition coefficient (Wildman–Crippen LogP) is 4.21. The lowest BCUT2D eigenvalue weighted by Crippen LogP contribution is -2.46. The van der Waals surface area contributed by atoms with E-state index < -0.39 is 34.8 Å². The maximum Gasteiger partial charge on any atom is 0.416 e. The first-order valence-corrected chi connectivity index (χ1v) is 12.0. The quantitative estimate of drug-likeness (QED) is 0.471. The number of ether oxygens (including phenoxy) is 1. The molecule has 38 heavy (non-hydrogen) atoms. The molecule has 6 rings (SSSR count). The Morgan fingerprint density at radius 1 is 0.921 bits per heavy atom. The van der Waals surface area contributed by atoms with Crippen LogP contribution in [0.1, 0.15) is 31.0 Å². The number of fused-ring (bicyclic) bond motifs is 5. The van der Waals surface area contributed by atoms with E-state index in [1.165, 1.54) is 9.36 Å². The van der Waals surface area contributed by atoms with Gasteiger partial charge in [0.25, 0.3) is 0 Å². The van der Waals surface area contributed by atoms with Crippen LogP contribution in [-0.4, -0.2) is 31.5 Å². The minimum atomic E-state index is -4.52. The molecule has 0 radical (unpaired) electrons. The molecule has 4 heterocycles.